The number of aromatic nitrogens is 1. The van der Waals surface area contributed by atoms with Crippen LogP contribution in [0.15, 0.2) is 97.3 Å². The minimum Gasteiger partial charge on any atom is -0.354 e. The van der Waals surface area contributed by atoms with Crippen LogP contribution < -0.4 is 16.0 Å². The molecule has 1 aliphatic heterocycles. The molecule has 0 spiro atoms. The number of nitrogens with zero attached hydrogens (tertiary/aromatic N) is 2. The maximum absolute atomic E-state index is 13.4. The van der Waals surface area contributed by atoms with E-state index in [1.54, 1.807) is 30.6 Å². The second-order valence-corrected chi connectivity index (χ2v) is 10.3. The van der Waals surface area contributed by atoms with Gasteiger partial charge in [0.15, 0.2) is 0 Å². The van der Waals surface area contributed by atoms with E-state index >= 15 is 0 Å². The van der Waals surface area contributed by atoms with Crippen molar-refractivity contribution in [2.45, 2.75) is 39.8 Å². The molecule has 0 radical (unpaired) electrons. The molecule has 7 heteroatoms. The summed E-state index contributed by atoms with van der Waals surface area (Å²) in [6.45, 7) is 9.24. The first-order valence-corrected chi connectivity index (χ1v) is 14.5. The summed E-state index contributed by atoms with van der Waals surface area (Å²) in [6.07, 6.45) is 4.20. The number of nitrogens with one attached hydrogen (secondary N) is 3. The Morgan fingerprint density at radius 3 is 2.33 bits per heavy atom. The van der Waals surface area contributed by atoms with Crippen molar-refractivity contribution in [3.05, 3.63) is 125 Å². The molecule has 0 aliphatic carbocycles. The number of pyridine rings is 1. The van der Waals surface area contributed by atoms with Crippen molar-refractivity contribution in [3.63, 3.8) is 0 Å². The number of amides is 2. The van der Waals surface area contributed by atoms with Gasteiger partial charge in [-0.15, -0.1) is 0 Å². The zero-order valence-corrected chi connectivity index (χ0v) is 24.4. The van der Waals surface area contributed by atoms with Gasteiger partial charge >= 0.3 is 0 Å². The lowest BCUT2D eigenvalue weighted by Gasteiger charge is -2.19. The molecule has 0 saturated heterocycles. The molecule has 0 saturated carbocycles. The Morgan fingerprint density at radius 2 is 1.67 bits per heavy atom. The van der Waals surface area contributed by atoms with Gasteiger partial charge in [-0.05, 0) is 73.1 Å². The van der Waals surface area contributed by atoms with Crippen LogP contribution in [0.3, 0.4) is 0 Å². The zero-order chi connectivity index (χ0) is 29.5. The van der Waals surface area contributed by atoms with E-state index in [1.165, 1.54) is 5.56 Å². The van der Waals surface area contributed by atoms with Gasteiger partial charge < -0.3 is 16.0 Å². The third kappa shape index (κ3) is 6.42. The van der Waals surface area contributed by atoms with E-state index in [9.17, 15) is 9.59 Å². The Balaban J connectivity index is 1.49. The summed E-state index contributed by atoms with van der Waals surface area (Å²) in [6, 6.07) is 27.2. The Bertz CT molecular complexity index is 1560. The van der Waals surface area contributed by atoms with Crippen LogP contribution in [0.1, 0.15) is 65.8 Å². The standard InChI is InChI=1S/C35H37N5O2/c1-4-30(25-11-8-7-9-12-25)38-34(41)26-16-19-31-29(21-26)32(35(42)39-31)33(27-13-10-20-36-22-27)37-28-17-14-24(15-18-28)23-40(5-2)6-3/h7-22,30,37H,4-6,23H2,1-3H3,(H,38,41)(H,39,42)/t30-/m1/s1. The highest BCUT2D eigenvalue weighted by Gasteiger charge is 2.30. The first kappa shape index (κ1) is 28.8. The van der Waals surface area contributed by atoms with Crippen molar-refractivity contribution in [3.8, 4) is 0 Å². The van der Waals surface area contributed by atoms with Crippen LogP contribution in [0.4, 0.5) is 11.4 Å². The van der Waals surface area contributed by atoms with Crippen molar-refractivity contribution in [1.29, 1.82) is 0 Å². The fourth-order valence-corrected chi connectivity index (χ4v) is 5.24. The molecule has 1 aromatic heterocycles. The summed E-state index contributed by atoms with van der Waals surface area (Å²) in [4.78, 5) is 33.5. The van der Waals surface area contributed by atoms with Crippen molar-refractivity contribution in [2.75, 3.05) is 23.7 Å². The van der Waals surface area contributed by atoms with E-state index in [0.29, 0.717) is 28.1 Å². The number of hydrogen-bond donors (Lipinski definition) is 3. The molecule has 0 fully saturated rings. The molecular formula is C35H37N5O2. The van der Waals surface area contributed by atoms with Gasteiger partial charge in [-0.1, -0.05) is 63.2 Å². The Hall–Kier alpha value is -4.75. The second-order valence-electron chi connectivity index (χ2n) is 10.3. The molecule has 5 rings (SSSR count). The van der Waals surface area contributed by atoms with Gasteiger partial charge in [-0.3, -0.25) is 19.5 Å². The highest BCUT2D eigenvalue weighted by atomic mass is 16.2. The molecule has 0 unspecified atom stereocenters. The van der Waals surface area contributed by atoms with E-state index < -0.39 is 0 Å². The molecule has 1 aliphatic rings. The van der Waals surface area contributed by atoms with Gasteiger partial charge in [0, 0.05) is 47.0 Å². The van der Waals surface area contributed by atoms with Crippen molar-refractivity contribution in [2.24, 2.45) is 0 Å². The van der Waals surface area contributed by atoms with Crippen LogP contribution in [0, 0.1) is 0 Å². The number of fused-ring (bicyclic) bond motifs is 1. The lowest BCUT2D eigenvalue weighted by atomic mass is 9.98. The third-order valence-electron chi connectivity index (χ3n) is 7.67. The van der Waals surface area contributed by atoms with Crippen molar-refractivity contribution < 1.29 is 9.59 Å². The van der Waals surface area contributed by atoms with E-state index in [0.717, 1.165) is 42.9 Å². The minimum atomic E-state index is -0.234. The van der Waals surface area contributed by atoms with E-state index in [4.69, 9.17) is 0 Å². The SMILES string of the molecule is CC[C@@H](NC(=O)c1ccc2c(c1)C(=C(Nc1ccc(CN(CC)CC)cc1)c1cccnc1)C(=O)N2)c1ccccc1. The smallest absolute Gasteiger partial charge is 0.258 e. The molecule has 7 nitrogen and oxygen atoms in total. The fraction of sp³-hybridized carbons (Fsp3) is 0.229. The molecule has 1 atom stereocenters. The van der Waals surface area contributed by atoms with Gasteiger partial charge in [0.25, 0.3) is 11.8 Å². The molecular weight excluding hydrogens is 522 g/mol. The summed E-state index contributed by atoms with van der Waals surface area (Å²) in [5.41, 5.74) is 6.83. The van der Waals surface area contributed by atoms with Crippen molar-refractivity contribution >= 4 is 34.5 Å². The number of anilines is 2. The number of carbonyl (C=O) groups is 2. The molecule has 3 aromatic carbocycles. The normalized spacial score (nSPS) is 14.2. The first-order valence-electron chi connectivity index (χ1n) is 14.5. The second kappa shape index (κ2) is 13.3. The first-order chi connectivity index (χ1) is 20.5. The van der Waals surface area contributed by atoms with Crippen LogP contribution in [0.2, 0.25) is 0 Å². The fourth-order valence-electron chi connectivity index (χ4n) is 5.24. The highest BCUT2D eigenvalue weighted by molar-refractivity contribution is 6.37. The van der Waals surface area contributed by atoms with Crippen LogP contribution in [0.5, 0.6) is 0 Å². The Labute approximate surface area is 247 Å². The average molecular weight is 560 g/mol. The molecule has 2 amide bonds. The predicted molar refractivity (Wildman–Crippen MR) is 170 cm³/mol. The monoisotopic (exact) mass is 559 g/mol. The van der Waals surface area contributed by atoms with Gasteiger partial charge in [0.2, 0.25) is 0 Å². The van der Waals surface area contributed by atoms with Gasteiger partial charge in [-0.25, -0.2) is 0 Å². The van der Waals surface area contributed by atoms with Crippen LogP contribution in [-0.4, -0.2) is 34.8 Å². The molecule has 0 bridgehead atoms. The molecule has 3 N–H and O–H groups in total. The topological polar surface area (TPSA) is 86.4 Å². The van der Waals surface area contributed by atoms with Gasteiger partial charge in [-0.2, -0.15) is 0 Å². The van der Waals surface area contributed by atoms with Crippen LogP contribution in [0.25, 0.3) is 11.3 Å². The maximum atomic E-state index is 13.4. The van der Waals surface area contributed by atoms with E-state index in [2.05, 4.69) is 51.8 Å². The van der Waals surface area contributed by atoms with Crippen LogP contribution in [-0.2, 0) is 11.3 Å². The minimum absolute atomic E-state index is 0.112. The zero-order valence-electron chi connectivity index (χ0n) is 24.4. The summed E-state index contributed by atoms with van der Waals surface area (Å²) < 4.78 is 0. The summed E-state index contributed by atoms with van der Waals surface area (Å²) in [5, 5.41) is 9.62. The largest absolute Gasteiger partial charge is 0.354 e. The molecule has 4 aromatic rings. The predicted octanol–water partition coefficient (Wildman–Crippen LogP) is 6.74. The Kier molecular flexibility index (Phi) is 9.09. The number of hydrogen-bond acceptors (Lipinski definition) is 5. The quantitative estimate of drug-likeness (QED) is 0.177. The summed E-state index contributed by atoms with van der Waals surface area (Å²) >= 11 is 0. The average Bonchev–Trinajstić information content (AvgIpc) is 3.37. The lowest BCUT2D eigenvalue weighted by Crippen LogP contribution is -2.28. The summed E-state index contributed by atoms with van der Waals surface area (Å²) in [7, 11) is 0. The lowest BCUT2D eigenvalue weighted by molar-refractivity contribution is -0.110. The summed E-state index contributed by atoms with van der Waals surface area (Å²) in [5.74, 6) is -0.422. The highest BCUT2D eigenvalue weighted by Crippen LogP contribution is 2.38. The van der Waals surface area contributed by atoms with Crippen LogP contribution >= 0.6 is 0 Å². The Morgan fingerprint density at radius 1 is 0.905 bits per heavy atom. The number of carbonyl (C=O) groups excluding carboxylic acids is 2. The van der Waals surface area contributed by atoms with Gasteiger partial charge in [0.05, 0.1) is 17.3 Å². The molecule has 42 heavy (non-hydrogen) atoms. The number of rotatable bonds is 11. The van der Waals surface area contributed by atoms with E-state index in [-0.39, 0.29) is 17.9 Å². The van der Waals surface area contributed by atoms with E-state index in [1.807, 2.05) is 61.5 Å². The molecule has 214 valence electrons. The third-order valence-corrected chi connectivity index (χ3v) is 7.67. The molecule has 2 heterocycles. The number of benzene rings is 3. The van der Waals surface area contributed by atoms with Gasteiger partial charge in [0.1, 0.15) is 0 Å². The maximum Gasteiger partial charge on any atom is 0.258 e. The van der Waals surface area contributed by atoms with Crippen molar-refractivity contribution in [1.82, 2.24) is 15.2 Å².